The molecule has 1 fully saturated rings. The van der Waals surface area contributed by atoms with E-state index in [1.54, 1.807) is 0 Å². The second-order valence-electron chi connectivity index (χ2n) is 5.84. The number of piperazine rings is 1. The maximum Gasteiger partial charge on any atom is 0.0527 e. The van der Waals surface area contributed by atoms with Gasteiger partial charge in [0.2, 0.25) is 0 Å². The molecule has 1 unspecified atom stereocenters. The zero-order chi connectivity index (χ0) is 14.7. The third kappa shape index (κ3) is 3.66. The molecule has 0 spiro atoms. The monoisotopic (exact) mass is 321 g/mol. The molecule has 22 heavy (non-hydrogen) atoms. The molecule has 5 nitrogen and oxygen atoms in total. The first-order valence-electron chi connectivity index (χ1n) is 7.63. The molecular formula is C16H24ClN5. The molecule has 0 bridgehead atoms. The Morgan fingerprint density at radius 1 is 1.32 bits per heavy atom. The minimum absolute atomic E-state index is 0. The SMILES string of the molecule is CC(C)n1nccc1CN1CCNCC1c1cccnc1.Cl. The van der Waals surface area contributed by atoms with Crippen molar-refractivity contribution in [1.29, 1.82) is 0 Å². The molecule has 3 heterocycles. The molecule has 120 valence electrons. The summed E-state index contributed by atoms with van der Waals surface area (Å²) in [5.74, 6) is 0. The Bertz CT molecular complexity index is 569. The van der Waals surface area contributed by atoms with Crippen LogP contribution in [0.5, 0.6) is 0 Å². The number of halogens is 1. The van der Waals surface area contributed by atoms with E-state index >= 15 is 0 Å². The number of nitrogens with zero attached hydrogens (tertiary/aromatic N) is 4. The van der Waals surface area contributed by atoms with Gasteiger partial charge in [-0.2, -0.15) is 5.10 Å². The lowest BCUT2D eigenvalue weighted by Gasteiger charge is -2.36. The second kappa shape index (κ2) is 7.72. The highest BCUT2D eigenvalue weighted by molar-refractivity contribution is 5.85. The topological polar surface area (TPSA) is 46.0 Å². The molecule has 1 N–H and O–H groups in total. The largest absolute Gasteiger partial charge is 0.314 e. The molecule has 0 saturated carbocycles. The van der Waals surface area contributed by atoms with Crippen molar-refractivity contribution in [2.45, 2.75) is 32.5 Å². The second-order valence-corrected chi connectivity index (χ2v) is 5.84. The van der Waals surface area contributed by atoms with Crippen molar-refractivity contribution in [3.8, 4) is 0 Å². The lowest BCUT2D eigenvalue weighted by molar-refractivity contribution is 0.148. The molecule has 6 heteroatoms. The smallest absolute Gasteiger partial charge is 0.0527 e. The number of nitrogens with one attached hydrogen (secondary N) is 1. The fourth-order valence-corrected chi connectivity index (χ4v) is 2.98. The minimum atomic E-state index is 0. The van der Waals surface area contributed by atoms with Crippen LogP contribution in [0.1, 0.15) is 37.2 Å². The number of hydrogen-bond donors (Lipinski definition) is 1. The van der Waals surface area contributed by atoms with Crippen molar-refractivity contribution in [2.24, 2.45) is 0 Å². The Balaban J connectivity index is 0.00000176. The summed E-state index contributed by atoms with van der Waals surface area (Å²) in [7, 11) is 0. The molecule has 0 aromatic carbocycles. The molecular weight excluding hydrogens is 298 g/mol. The normalized spacial score (nSPS) is 19.1. The van der Waals surface area contributed by atoms with Crippen molar-refractivity contribution in [3.05, 3.63) is 48.0 Å². The van der Waals surface area contributed by atoms with Gasteiger partial charge in [-0.05, 0) is 31.5 Å². The van der Waals surface area contributed by atoms with Crippen LogP contribution in [-0.4, -0.2) is 39.3 Å². The molecule has 0 aliphatic carbocycles. The van der Waals surface area contributed by atoms with Crippen LogP contribution in [0.25, 0.3) is 0 Å². The number of rotatable bonds is 4. The zero-order valence-electron chi connectivity index (χ0n) is 13.1. The molecule has 3 rings (SSSR count). The average molecular weight is 322 g/mol. The van der Waals surface area contributed by atoms with E-state index in [9.17, 15) is 0 Å². The Morgan fingerprint density at radius 3 is 2.91 bits per heavy atom. The van der Waals surface area contributed by atoms with Crippen LogP contribution in [0.2, 0.25) is 0 Å². The van der Waals surface area contributed by atoms with Gasteiger partial charge in [-0.25, -0.2) is 0 Å². The van der Waals surface area contributed by atoms with E-state index in [2.05, 4.69) is 51.0 Å². The Morgan fingerprint density at radius 2 is 2.18 bits per heavy atom. The van der Waals surface area contributed by atoms with Crippen LogP contribution in [0, 0.1) is 0 Å². The summed E-state index contributed by atoms with van der Waals surface area (Å²) in [6, 6.07) is 7.08. The number of aromatic nitrogens is 3. The van der Waals surface area contributed by atoms with Crippen molar-refractivity contribution >= 4 is 12.4 Å². The van der Waals surface area contributed by atoms with Crippen LogP contribution >= 0.6 is 12.4 Å². The van der Waals surface area contributed by atoms with Gasteiger partial charge in [-0.3, -0.25) is 14.6 Å². The fraction of sp³-hybridized carbons (Fsp3) is 0.500. The lowest BCUT2D eigenvalue weighted by atomic mass is 10.1. The maximum absolute atomic E-state index is 4.44. The summed E-state index contributed by atoms with van der Waals surface area (Å²) in [5, 5.41) is 7.93. The highest BCUT2D eigenvalue weighted by Crippen LogP contribution is 2.24. The minimum Gasteiger partial charge on any atom is -0.314 e. The lowest BCUT2D eigenvalue weighted by Crippen LogP contribution is -2.45. The standard InChI is InChI=1S/C16H23N5.ClH/c1-13(2)21-15(5-7-19-21)12-20-9-8-18-11-16(20)14-4-3-6-17-10-14;/h3-7,10,13,16,18H,8-9,11-12H2,1-2H3;1H. The third-order valence-corrected chi connectivity index (χ3v) is 4.03. The highest BCUT2D eigenvalue weighted by Gasteiger charge is 2.25. The highest BCUT2D eigenvalue weighted by atomic mass is 35.5. The first-order chi connectivity index (χ1) is 10.3. The summed E-state index contributed by atoms with van der Waals surface area (Å²) in [5.41, 5.74) is 2.56. The summed E-state index contributed by atoms with van der Waals surface area (Å²) < 4.78 is 2.11. The van der Waals surface area contributed by atoms with Gasteiger partial charge in [0.1, 0.15) is 0 Å². The van der Waals surface area contributed by atoms with Crippen LogP contribution in [-0.2, 0) is 6.54 Å². The van der Waals surface area contributed by atoms with Crippen LogP contribution in [0.3, 0.4) is 0 Å². The molecule has 0 radical (unpaired) electrons. The van der Waals surface area contributed by atoms with Gasteiger partial charge in [0.15, 0.2) is 0 Å². The van der Waals surface area contributed by atoms with Crippen molar-refractivity contribution in [2.75, 3.05) is 19.6 Å². The van der Waals surface area contributed by atoms with Crippen molar-refractivity contribution < 1.29 is 0 Å². The quantitative estimate of drug-likeness (QED) is 0.939. The van der Waals surface area contributed by atoms with E-state index in [1.165, 1.54) is 11.3 Å². The third-order valence-electron chi connectivity index (χ3n) is 4.03. The average Bonchev–Trinajstić information content (AvgIpc) is 2.97. The van der Waals surface area contributed by atoms with Gasteiger partial charge >= 0.3 is 0 Å². The first-order valence-corrected chi connectivity index (χ1v) is 7.63. The van der Waals surface area contributed by atoms with E-state index < -0.39 is 0 Å². The molecule has 1 saturated heterocycles. The number of pyridine rings is 1. The number of hydrogen-bond acceptors (Lipinski definition) is 4. The summed E-state index contributed by atoms with van der Waals surface area (Å²) in [4.78, 5) is 6.78. The van der Waals surface area contributed by atoms with E-state index in [-0.39, 0.29) is 12.4 Å². The fourth-order valence-electron chi connectivity index (χ4n) is 2.98. The Kier molecular flexibility index (Phi) is 5.94. The van der Waals surface area contributed by atoms with Gasteiger partial charge in [0.25, 0.3) is 0 Å². The summed E-state index contributed by atoms with van der Waals surface area (Å²) >= 11 is 0. The summed E-state index contributed by atoms with van der Waals surface area (Å²) in [6.07, 6.45) is 5.71. The van der Waals surface area contributed by atoms with E-state index in [0.29, 0.717) is 12.1 Å². The van der Waals surface area contributed by atoms with Crippen LogP contribution < -0.4 is 5.32 Å². The maximum atomic E-state index is 4.44. The van der Waals surface area contributed by atoms with Gasteiger partial charge in [-0.15, -0.1) is 12.4 Å². The molecule has 1 aliphatic rings. The molecule has 1 aliphatic heterocycles. The summed E-state index contributed by atoms with van der Waals surface area (Å²) in [6.45, 7) is 8.33. The predicted octanol–water partition coefficient (Wildman–Crippen LogP) is 2.43. The van der Waals surface area contributed by atoms with E-state index in [0.717, 1.165) is 26.2 Å². The van der Waals surface area contributed by atoms with E-state index in [4.69, 9.17) is 0 Å². The van der Waals surface area contributed by atoms with E-state index in [1.807, 2.05) is 24.7 Å². The first kappa shape index (κ1) is 16.9. The van der Waals surface area contributed by atoms with Gasteiger partial charge in [0, 0.05) is 56.9 Å². The Labute approximate surface area is 138 Å². The molecule has 0 amide bonds. The van der Waals surface area contributed by atoms with Crippen molar-refractivity contribution in [3.63, 3.8) is 0 Å². The Hall–Kier alpha value is -1.43. The predicted molar refractivity (Wildman–Crippen MR) is 90.1 cm³/mol. The van der Waals surface area contributed by atoms with Gasteiger partial charge in [0.05, 0.1) is 5.69 Å². The molecule has 2 aromatic rings. The molecule has 2 aromatic heterocycles. The van der Waals surface area contributed by atoms with Gasteiger partial charge in [-0.1, -0.05) is 6.07 Å². The van der Waals surface area contributed by atoms with Crippen LogP contribution in [0.15, 0.2) is 36.8 Å². The van der Waals surface area contributed by atoms with Crippen molar-refractivity contribution in [1.82, 2.24) is 25.0 Å². The van der Waals surface area contributed by atoms with Gasteiger partial charge < -0.3 is 5.32 Å². The zero-order valence-corrected chi connectivity index (χ0v) is 14.0. The molecule has 1 atom stereocenters. The van der Waals surface area contributed by atoms with Crippen LogP contribution in [0.4, 0.5) is 0 Å².